The topological polar surface area (TPSA) is 93.2 Å². The smallest absolute Gasteiger partial charge is 0.330 e. The van der Waals surface area contributed by atoms with Crippen LogP contribution in [-0.4, -0.2) is 71.7 Å². The Bertz CT molecular complexity index is 2400. The molecule has 4 heterocycles. The number of pyridine rings is 1. The highest BCUT2D eigenvalue weighted by atomic mass is 19.1. The van der Waals surface area contributed by atoms with Crippen LogP contribution in [0.4, 0.5) is 4.39 Å². The third kappa shape index (κ3) is 8.02. The number of rotatable bonds is 11. The van der Waals surface area contributed by atoms with Gasteiger partial charge in [-0.15, -0.1) is 0 Å². The summed E-state index contributed by atoms with van der Waals surface area (Å²) in [5, 5.41) is 3.76. The van der Waals surface area contributed by atoms with Gasteiger partial charge in [-0.1, -0.05) is 66.7 Å². The van der Waals surface area contributed by atoms with Crippen molar-refractivity contribution in [3.63, 3.8) is 0 Å². The number of benzene rings is 3. The van der Waals surface area contributed by atoms with E-state index >= 15 is 0 Å². The molecule has 1 aliphatic carbocycles. The minimum atomic E-state index is -0.614. The van der Waals surface area contributed by atoms with Crippen molar-refractivity contribution >= 4 is 11.0 Å². The molecule has 0 unspecified atom stereocenters. The van der Waals surface area contributed by atoms with Crippen LogP contribution in [0.5, 0.6) is 0 Å². The molecular formula is C45H51FN8O2. The van der Waals surface area contributed by atoms with Gasteiger partial charge >= 0.3 is 5.69 Å². The molecular weight excluding hydrogens is 704 g/mol. The molecule has 2 fully saturated rings. The SMILES string of the molecule is Cc1c(CN[C@H]2CC[C@@H](n3c(=O)c4cc(F)cnc4n(-c4cccc(-c5ccc(CN6CCN(C(C)C)CC6)cc5)c4)c3=O)CC2)ncn1Cc1ccccc1. The maximum atomic E-state index is 14.6. The lowest BCUT2D eigenvalue weighted by atomic mass is 9.91. The second-order valence-corrected chi connectivity index (χ2v) is 15.7. The fourth-order valence-electron chi connectivity index (χ4n) is 8.44. The highest BCUT2D eigenvalue weighted by Crippen LogP contribution is 2.29. The van der Waals surface area contributed by atoms with Gasteiger partial charge in [0.2, 0.25) is 0 Å². The van der Waals surface area contributed by atoms with Crippen LogP contribution in [0.15, 0.2) is 107 Å². The molecule has 1 aliphatic heterocycles. The summed E-state index contributed by atoms with van der Waals surface area (Å²) in [6.07, 6.45) is 5.83. The highest BCUT2D eigenvalue weighted by Gasteiger charge is 2.28. The second-order valence-electron chi connectivity index (χ2n) is 15.7. The number of hydrogen-bond donors (Lipinski definition) is 1. The van der Waals surface area contributed by atoms with Crippen LogP contribution < -0.4 is 16.6 Å². The van der Waals surface area contributed by atoms with Gasteiger partial charge in [0.1, 0.15) is 5.82 Å². The van der Waals surface area contributed by atoms with Gasteiger partial charge in [0.25, 0.3) is 5.56 Å². The van der Waals surface area contributed by atoms with Crippen LogP contribution in [0.25, 0.3) is 27.8 Å². The van der Waals surface area contributed by atoms with Crippen LogP contribution in [0.3, 0.4) is 0 Å². The number of halogens is 1. The maximum absolute atomic E-state index is 14.6. The minimum Gasteiger partial charge on any atom is -0.330 e. The predicted octanol–water partition coefficient (Wildman–Crippen LogP) is 6.71. The van der Waals surface area contributed by atoms with Crippen molar-refractivity contribution < 1.29 is 4.39 Å². The van der Waals surface area contributed by atoms with Crippen molar-refractivity contribution in [3.8, 4) is 16.8 Å². The van der Waals surface area contributed by atoms with E-state index in [0.717, 1.165) is 80.8 Å². The summed E-state index contributed by atoms with van der Waals surface area (Å²) in [5.74, 6) is -0.614. The molecule has 1 saturated heterocycles. The van der Waals surface area contributed by atoms with E-state index in [4.69, 9.17) is 0 Å². The van der Waals surface area contributed by atoms with E-state index < -0.39 is 17.1 Å². The quantitative estimate of drug-likeness (QED) is 0.157. The number of nitrogens with one attached hydrogen (secondary N) is 1. The molecule has 11 heteroatoms. The first-order valence-corrected chi connectivity index (χ1v) is 20.0. The lowest BCUT2D eigenvalue weighted by Crippen LogP contribution is -2.48. The average molecular weight is 755 g/mol. The van der Waals surface area contributed by atoms with Crippen molar-refractivity contribution in [1.82, 2.24) is 38.8 Å². The van der Waals surface area contributed by atoms with E-state index in [2.05, 4.69) is 86.8 Å². The van der Waals surface area contributed by atoms with Crippen molar-refractivity contribution in [3.05, 3.63) is 147 Å². The predicted molar refractivity (Wildman–Crippen MR) is 220 cm³/mol. The molecule has 0 atom stereocenters. The molecule has 3 aromatic heterocycles. The van der Waals surface area contributed by atoms with Crippen LogP contribution in [-0.2, 0) is 19.6 Å². The molecule has 1 N–H and O–H groups in total. The van der Waals surface area contributed by atoms with Crippen molar-refractivity contribution in [2.45, 2.75) is 84.2 Å². The second kappa shape index (κ2) is 16.5. The summed E-state index contributed by atoms with van der Waals surface area (Å²) < 4.78 is 19.6. The number of hydrogen-bond acceptors (Lipinski definition) is 7. The fourth-order valence-corrected chi connectivity index (χ4v) is 8.44. The summed E-state index contributed by atoms with van der Waals surface area (Å²) in [5.41, 5.74) is 6.37. The maximum Gasteiger partial charge on any atom is 0.337 e. The summed E-state index contributed by atoms with van der Waals surface area (Å²) in [7, 11) is 0. The standard InChI is InChI=1S/C45H51FN8O2/c1-31(2)51-22-20-50(21-23-51)28-34-12-14-35(15-13-34)36-10-7-11-40(24-36)53-43-41(25-37(46)26-48-43)44(55)54(45(53)56)39-18-16-38(17-19-39)47-27-42-32(3)52(30-49-42)29-33-8-5-4-6-9-33/h4-15,24-26,30-31,38-39,47H,16-23,27-29H2,1-3H3/t38-,39+. The van der Waals surface area contributed by atoms with Gasteiger partial charge in [0.05, 0.1) is 29.3 Å². The van der Waals surface area contributed by atoms with Gasteiger partial charge in [-0.25, -0.2) is 23.7 Å². The van der Waals surface area contributed by atoms with E-state index in [-0.39, 0.29) is 23.1 Å². The number of aromatic nitrogens is 5. The molecule has 3 aromatic carbocycles. The normalized spacial score (nSPS) is 18.2. The van der Waals surface area contributed by atoms with Crippen molar-refractivity contribution in [2.75, 3.05) is 26.2 Å². The molecule has 0 spiro atoms. The molecule has 56 heavy (non-hydrogen) atoms. The third-order valence-electron chi connectivity index (χ3n) is 11.8. The zero-order valence-corrected chi connectivity index (χ0v) is 32.6. The Labute approximate surface area is 327 Å². The van der Waals surface area contributed by atoms with Crippen LogP contribution >= 0.6 is 0 Å². The van der Waals surface area contributed by atoms with E-state index in [1.807, 2.05) is 48.8 Å². The monoisotopic (exact) mass is 754 g/mol. The molecule has 1 saturated carbocycles. The Morgan fingerprint density at radius 2 is 1.54 bits per heavy atom. The van der Waals surface area contributed by atoms with Crippen molar-refractivity contribution in [2.24, 2.45) is 0 Å². The Morgan fingerprint density at radius 3 is 2.27 bits per heavy atom. The molecule has 0 bridgehead atoms. The number of piperazine rings is 1. The van der Waals surface area contributed by atoms with Gasteiger partial charge in [-0.3, -0.25) is 19.2 Å². The Morgan fingerprint density at radius 1 is 0.804 bits per heavy atom. The third-order valence-corrected chi connectivity index (χ3v) is 11.8. The summed E-state index contributed by atoms with van der Waals surface area (Å²) in [6, 6.07) is 28.4. The Balaban J connectivity index is 0.987. The Hall–Kier alpha value is -5.23. The summed E-state index contributed by atoms with van der Waals surface area (Å²) in [6.45, 7) is 13.2. The first-order chi connectivity index (χ1) is 27.2. The van der Waals surface area contributed by atoms with Crippen molar-refractivity contribution in [1.29, 1.82) is 0 Å². The molecule has 10 nitrogen and oxygen atoms in total. The highest BCUT2D eigenvalue weighted by molar-refractivity contribution is 5.76. The zero-order chi connectivity index (χ0) is 38.8. The lowest BCUT2D eigenvalue weighted by Gasteiger charge is -2.36. The molecule has 290 valence electrons. The molecule has 2 aliphatic rings. The molecule has 6 aromatic rings. The van der Waals surface area contributed by atoms with E-state index in [1.54, 1.807) is 0 Å². The first-order valence-electron chi connectivity index (χ1n) is 20.0. The minimum absolute atomic E-state index is 0.0930. The molecule has 0 amide bonds. The lowest BCUT2D eigenvalue weighted by molar-refractivity contribution is 0.104. The van der Waals surface area contributed by atoms with E-state index in [0.29, 0.717) is 31.1 Å². The number of imidazole rings is 1. The van der Waals surface area contributed by atoms with Gasteiger partial charge in [-0.2, -0.15) is 0 Å². The Kier molecular flexibility index (Phi) is 11.1. The largest absolute Gasteiger partial charge is 0.337 e. The van der Waals surface area contributed by atoms with Gasteiger partial charge in [0, 0.05) is 69.6 Å². The first kappa shape index (κ1) is 37.7. The summed E-state index contributed by atoms with van der Waals surface area (Å²) >= 11 is 0. The van der Waals surface area contributed by atoms with Gasteiger partial charge in [0.15, 0.2) is 5.65 Å². The van der Waals surface area contributed by atoms with E-state index in [1.165, 1.54) is 26.3 Å². The van der Waals surface area contributed by atoms with Gasteiger partial charge < -0.3 is 9.88 Å². The van der Waals surface area contributed by atoms with E-state index in [9.17, 15) is 14.0 Å². The van der Waals surface area contributed by atoms with Crippen LogP contribution in [0.2, 0.25) is 0 Å². The molecule has 0 radical (unpaired) electrons. The average Bonchev–Trinajstić information content (AvgIpc) is 3.56. The number of fused-ring (bicyclic) bond motifs is 1. The zero-order valence-electron chi connectivity index (χ0n) is 32.6. The molecule has 8 rings (SSSR count). The fraction of sp³-hybridized carbons (Fsp3) is 0.378. The van der Waals surface area contributed by atoms with Crippen LogP contribution in [0, 0.1) is 12.7 Å². The number of nitrogens with zero attached hydrogens (tertiary/aromatic N) is 7. The van der Waals surface area contributed by atoms with Crippen LogP contribution in [0.1, 0.15) is 68.1 Å². The van der Waals surface area contributed by atoms with Gasteiger partial charge in [-0.05, 0) is 86.9 Å². The summed E-state index contributed by atoms with van der Waals surface area (Å²) in [4.78, 5) is 42.4.